The lowest BCUT2D eigenvalue weighted by Gasteiger charge is -2.33. The van der Waals surface area contributed by atoms with Gasteiger partial charge < -0.3 is 19.7 Å². The van der Waals surface area contributed by atoms with E-state index in [-0.39, 0.29) is 34.8 Å². The quantitative estimate of drug-likeness (QED) is 0.284. The van der Waals surface area contributed by atoms with Gasteiger partial charge in [-0.3, -0.25) is 13.9 Å². The van der Waals surface area contributed by atoms with Gasteiger partial charge in [0.05, 0.1) is 24.8 Å². The molecule has 0 heterocycles. The average Bonchev–Trinajstić information content (AvgIpc) is 2.95. The van der Waals surface area contributed by atoms with Crippen molar-refractivity contribution in [2.75, 3.05) is 25.1 Å². The Bertz CT molecular complexity index is 1490. The minimum Gasteiger partial charge on any atom is -0.493 e. The normalized spacial score (nSPS) is 12.0. The van der Waals surface area contributed by atoms with Crippen molar-refractivity contribution < 1.29 is 27.5 Å². The van der Waals surface area contributed by atoms with Crippen molar-refractivity contribution in [3.8, 4) is 11.5 Å². The van der Waals surface area contributed by atoms with Gasteiger partial charge in [-0.2, -0.15) is 0 Å². The highest BCUT2D eigenvalue weighted by Crippen LogP contribution is 2.32. The number of hydrogen-bond acceptors (Lipinski definition) is 6. The summed E-state index contributed by atoms with van der Waals surface area (Å²) in [6.07, 6.45) is 0.333. The fraction of sp³-hybridized carbons (Fsp3) is 0.355. The van der Waals surface area contributed by atoms with Gasteiger partial charge in [0, 0.05) is 23.7 Å². The molecule has 0 saturated heterocycles. The molecule has 2 amide bonds. The Kier molecular flexibility index (Phi) is 11.2. The number of hydrogen-bond donors (Lipinski definition) is 1. The summed E-state index contributed by atoms with van der Waals surface area (Å²) in [6, 6.07) is 17.0. The van der Waals surface area contributed by atoms with Crippen molar-refractivity contribution in [1.29, 1.82) is 0 Å². The first kappa shape index (κ1) is 32.8. The molecule has 0 aliphatic heterocycles. The van der Waals surface area contributed by atoms with E-state index in [2.05, 4.69) is 5.32 Å². The van der Waals surface area contributed by atoms with Crippen molar-refractivity contribution in [3.63, 3.8) is 0 Å². The average molecular weight is 616 g/mol. The molecule has 0 fully saturated rings. The summed E-state index contributed by atoms with van der Waals surface area (Å²) >= 11 is 6.10. The molecule has 1 N–H and O–H groups in total. The van der Waals surface area contributed by atoms with E-state index in [0.717, 1.165) is 15.4 Å². The summed E-state index contributed by atoms with van der Waals surface area (Å²) in [5, 5.41) is 3.30. The molecule has 0 aromatic heterocycles. The van der Waals surface area contributed by atoms with E-state index in [4.69, 9.17) is 21.1 Å². The van der Waals surface area contributed by atoms with E-state index >= 15 is 0 Å². The predicted molar refractivity (Wildman–Crippen MR) is 165 cm³/mol. The molecule has 9 nitrogen and oxygen atoms in total. The zero-order chi connectivity index (χ0) is 31.0. The molecule has 0 aliphatic carbocycles. The molecule has 226 valence electrons. The maximum absolute atomic E-state index is 14.1. The first-order chi connectivity index (χ1) is 19.9. The second kappa shape index (κ2) is 14.4. The summed E-state index contributed by atoms with van der Waals surface area (Å²) in [5.41, 5.74) is 2.05. The third-order valence-electron chi connectivity index (χ3n) is 6.59. The number of nitrogens with zero attached hydrogens (tertiary/aromatic N) is 2. The number of carbonyl (C=O) groups is 2. The molecular formula is C31H38ClN3O6S. The van der Waals surface area contributed by atoms with Crippen LogP contribution in [0.2, 0.25) is 5.02 Å². The molecule has 3 aromatic rings. The van der Waals surface area contributed by atoms with Crippen LogP contribution in [0.3, 0.4) is 0 Å². The minimum absolute atomic E-state index is 0.0993. The maximum atomic E-state index is 14.1. The summed E-state index contributed by atoms with van der Waals surface area (Å²) in [7, 11) is -1.44. The van der Waals surface area contributed by atoms with Gasteiger partial charge in [0.15, 0.2) is 11.5 Å². The molecule has 0 saturated carbocycles. The SMILES string of the molecule is CC[C@H](C(=O)NC(C)C)N(Cc1cccc(C)c1)C(=O)CN(c1ccc(Cl)cc1)S(=O)(=O)c1ccc(OC)c(OC)c1. The van der Waals surface area contributed by atoms with Crippen LogP contribution in [-0.4, -0.2) is 58.0 Å². The Balaban J connectivity index is 2.10. The number of rotatable bonds is 13. The number of nitrogens with one attached hydrogen (secondary N) is 1. The summed E-state index contributed by atoms with van der Waals surface area (Å²) in [6.45, 7) is 7.00. The lowest BCUT2D eigenvalue weighted by Crippen LogP contribution is -2.53. The topological polar surface area (TPSA) is 105 Å². The summed E-state index contributed by atoms with van der Waals surface area (Å²) < 4.78 is 39.8. The molecule has 0 spiro atoms. The van der Waals surface area contributed by atoms with E-state index in [0.29, 0.717) is 17.2 Å². The fourth-order valence-corrected chi connectivity index (χ4v) is 6.10. The number of aryl methyl sites for hydroxylation is 1. The van der Waals surface area contributed by atoms with Crippen molar-refractivity contribution in [2.45, 2.75) is 57.6 Å². The van der Waals surface area contributed by atoms with Crippen molar-refractivity contribution >= 4 is 39.1 Å². The van der Waals surface area contributed by atoms with Gasteiger partial charge in [0.1, 0.15) is 12.6 Å². The molecule has 1 atom stereocenters. The van der Waals surface area contributed by atoms with Crippen LogP contribution in [0.4, 0.5) is 5.69 Å². The highest BCUT2D eigenvalue weighted by molar-refractivity contribution is 7.92. The van der Waals surface area contributed by atoms with Crippen LogP contribution >= 0.6 is 11.6 Å². The fourth-order valence-electron chi connectivity index (χ4n) is 4.55. The number of methoxy groups -OCH3 is 2. The standard InChI is InChI=1S/C31H38ClN3O6S/c1-7-27(31(37)33-21(2)3)34(19-23-10-8-9-22(4)17-23)30(36)20-35(25-13-11-24(32)12-14-25)42(38,39)26-15-16-28(40-5)29(18-26)41-6/h8-18,21,27H,7,19-20H2,1-6H3,(H,33,37)/t27-/m1/s1. The van der Waals surface area contributed by atoms with Gasteiger partial charge in [-0.05, 0) is 69.2 Å². The Morgan fingerprint density at radius 3 is 2.19 bits per heavy atom. The maximum Gasteiger partial charge on any atom is 0.264 e. The molecule has 0 radical (unpaired) electrons. The van der Waals surface area contributed by atoms with Gasteiger partial charge in [-0.15, -0.1) is 0 Å². The lowest BCUT2D eigenvalue weighted by molar-refractivity contribution is -0.140. The Hall–Kier alpha value is -3.76. The van der Waals surface area contributed by atoms with Crippen molar-refractivity contribution in [3.05, 3.63) is 82.9 Å². The minimum atomic E-state index is -4.30. The Morgan fingerprint density at radius 1 is 0.952 bits per heavy atom. The molecule has 3 aromatic carbocycles. The van der Waals surface area contributed by atoms with Gasteiger partial charge in [-0.25, -0.2) is 8.42 Å². The van der Waals surface area contributed by atoms with Crippen LogP contribution in [-0.2, 0) is 26.2 Å². The summed E-state index contributed by atoms with van der Waals surface area (Å²) in [4.78, 5) is 28.7. The predicted octanol–water partition coefficient (Wildman–Crippen LogP) is 5.19. The van der Waals surface area contributed by atoms with Crippen LogP contribution in [0.15, 0.2) is 71.6 Å². The lowest BCUT2D eigenvalue weighted by atomic mass is 10.1. The molecule has 11 heteroatoms. The van der Waals surface area contributed by atoms with E-state index < -0.39 is 28.5 Å². The zero-order valence-corrected chi connectivity index (χ0v) is 26.3. The number of halogens is 1. The van der Waals surface area contributed by atoms with Gasteiger partial charge in [0.25, 0.3) is 10.0 Å². The first-order valence-electron chi connectivity index (χ1n) is 13.6. The summed E-state index contributed by atoms with van der Waals surface area (Å²) in [5.74, 6) is -0.272. The van der Waals surface area contributed by atoms with Gasteiger partial charge in [0.2, 0.25) is 11.8 Å². The number of ether oxygens (including phenoxy) is 2. The highest BCUT2D eigenvalue weighted by atomic mass is 35.5. The number of amides is 2. The van der Waals surface area contributed by atoms with Crippen LogP contribution < -0.4 is 19.1 Å². The third-order valence-corrected chi connectivity index (χ3v) is 8.61. The molecule has 0 aliphatic rings. The van der Waals surface area contributed by atoms with Crippen LogP contribution in [0.1, 0.15) is 38.3 Å². The van der Waals surface area contributed by atoms with Crippen LogP contribution in [0, 0.1) is 6.92 Å². The highest BCUT2D eigenvalue weighted by Gasteiger charge is 2.34. The van der Waals surface area contributed by atoms with E-state index in [1.54, 1.807) is 12.1 Å². The van der Waals surface area contributed by atoms with E-state index in [1.165, 1.54) is 49.5 Å². The Morgan fingerprint density at radius 2 is 1.62 bits per heavy atom. The third kappa shape index (κ3) is 7.95. The molecule has 42 heavy (non-hydrogen) atoms. The number of benzene rings is 3. The smallest absolute Gasteiger partial charge is 0.264 e. The van der Waals surface area contributed by atoms with Crippen LogP contribution in [0.5, 0.6) is 11.5 Å². The number of anilines is 1. The van der Waals surface area contributed by atoms with E-state index in [1.807, 2.05) is 52.0 Å². The molecule has 0 bridgehead atoms. The second-order valence-electron chi connectivity index (χ2n) is 10.1. The van der Waals surface area contributed by atoms with E-state index in [9.17, 15) is 18.0 Å². The van der Waals surface area contributed by atoms with Crippen LogP contribution in [0.25, 0.3) is 0 Å². The first-order valence-corrected chi connectivity index (χ1v) is 15.4. The largest absolute Gasteiger partial charge is 0.493 e. The van der Waals surface area contributed by atoms with Crippen molar-refractivity contribution in [2.24, 2.45) is 0 Å². The zero-order valence-electron chi connectivity index (χ0n) is 24.8. The molecule has 0 unspecified atom stereocenters. The Labute approximate surface area is 253 Å². The number of sulfonamides is 1. The second-order valence-corrected chi connectivity index (χ2v) is 12.4. The van der Waals surface area contributed by atoms with Gasteiger partial charge in [-0.1, -0.05) is 48.4 Å². The van der Waals surface area contributed by atoms with Gasteiger partial charge >= 0.3 is 0 Å². The van der Waals surface area contributed by atoms with Crippen molar-refractivity contribution in [1.82, 2.24) is 10.2 Å². The molecular weight excluding hydrogens is 578 g/mol. The molecule has 3 rings (SSSR count). The number of carbonyl (C=O) groups excluding carboxylic acids is 2. The monoisotopic (exact) mass is 615 g/mol.